The molecule has 0 fully saturated rings. The Kier molecular flexibility index (Phi) is 8.97. The molecule has 4 atom stereocenters. The molecule has 0 aliphatic rings. The number of nitrogens with one attached hydrogen (secondary N) is 1. The van der Waals surface area contributed by atoms with Gasteiger partial charge in [-0.25, -0.2) is 8.93 Å². The minimum absolute atomic E-state index is 0.200. The molecule has 1 rings (SSSR count). The van der Waals surface area contributed by atoms with Crippen LogP contribution >= 0.6 is 0 Å². The SMILES string of the molecule is CCC[C@@H](C)[C@@H](C)C(CC(=O)OC(C)(C)C)N[S@](=O)c1ccc(C)cc1. The molecule has 26 heavy (non-hydrogen) atoms. The molecular weight excluding hydrogens is 346 g/mol. The van der Waals surface area contributed by atoms with Crippen molar-refractivity contribution in [3.63, 3.8) is 0 Å². The highest BCUT2D eigenvalue weighted by Crippen LogP contribution is 2.24. The van der Waals surface area contributed by atoms with Gasteiger partial charge in [0.2, 0.25) is 0 Å². The maximum Gasteiger partial charge on any atom is 0.307 e. The van der Waals surface area contributed by atoms with Crippen molar-refractivity contribution in [2.75, 3.05) is 0 Å². The number of rotatable bonds is 9. The first kappa shape index (κ1) is 22.8. The van der Waals surface area contributed by atoms with E-state index in [9.17, 15) is 9.00 Å². The Morgan fingerprint density at radius 1 is 1.19 bits per heavy atom. The Morgan fingerprint density at radius 3 is 2.27 bits per heavy atom. The summed E-state index contributed by atoms with van der Waals surface area (Å²) in [6.45, 7) is 14.0. The second kappa shape index (κ2) is 10.2. The number of aryl methyl sites for hydroxylation is 1. The number of hydrogen-bond donors (Lipinski definition) is 1. The first-order chi connectivity index (χ1) is 12.0. The molecule has 1 aromatic rings. The molecule has 0 heterocycles. The van der Waals surface area contributed by atoms with Gasteiger partial charge in [0.15, 0.2) is 0 Å². The van der Waals surface area contributed by atoms with Crippen LogP contribution in [0.25, 0.3) is 0 Å². The van der Waals surface area contributed by atoms with E-state index in [4.69, 9.17) is 4.74 Å². The van der Waals surface area contributed by atoms with Crippen LogP contribution in [0.15, 0.2) is 29.2 Å². The van der Waals surface area contributed by atoms with E-state index >= 15 is 0 Å². The molecule has 148 valence electrons. The molecule has 0 aliphatic heterocycles. The summed E-state index contributed by atoms with van der Waals surface area (Å²) < 4.78 is 21.4. The van der Waals surface area contributed by atoms with E-state index in [1.54, 1.807) is 0 Å². The van der Waals surface area contributed by atoms with Gasteiger partial charge in [-0.1, -0.05) is 51.3 Å². The molecule has 5 heteroatoms. The summed E-state index contributed by atoms with van der Waals surface area (Å²) in [4.78, 5) is 13.1. The number of esters is 1. The van der Waals surface area contributed by atoms with Gasteiger partial charge in [0.25, 0.3) is 0 Å². The van der Waals surface area contributed by atoms with Crippen molar-refractivity contribution in [2.45, 2.75) is 84.3 Å². The van der Waals surface area contributed by atoms with Gasteiger partial charge in [-0.2, -0.15) is 0 Å². The first-order valence-electron chi connectivity index (χ1n) is 9.50. The van der Waals surface area contributed by atoms with E-state index in [1.807, 2.05) is 52.0 Å². The van der Waals surface area contributed by atoms with Crippen LogP contribution in [0.5, 0.6) is 0 Å². The van der Waals surface area contributed by atoms with Gasteiger partial charge in [0, 0.05) is 6.04 Å². The number of carbonyl (C=O) groups is 1. The summed E-state index contributed by atoms with van der Waals surface area (Å²) in [5.74, 6) is 0.373. The average Bonchev–Trinajstić information content (AvgIpc) is 2.52. The van der Waals surface area contributed by atoms with E-state index in [2.05, 4.69) is 25.5 Å². The quantitative estimate of drug-likeness (QED) is 0.626. The fourth-order valence-electron chi connectivity index (χ4n) is 2.88. The number of benzene rings is 1. The smallest absolute Gasteiger partial charge is 0.307 e. The highest BCUT2D eigenvalue weighted by Gasteiger charge is 2.28. The van der Waals surface area contributed by atoms with Crippen molar-refractivity contribution in [2.24, 2.45) is 11.8 Å². The predicted molar refractivity (Wildman–Crippen MR) is 108 cm³/mol. The third-order valence-electron chi connectivity index (χ3n) is 4.58. The van der Waals surface area contributed by atoms with Crippen molar-refractivity contribution in [1.29, 1.82) is 0 Å². The Hall–Kier alpha value is -1.20. The summed E-state index contributed by atoms with van der Waals surface area (Å²) >= 11 is 0. The van der Waals surface area contributed by atoms with Gasteiger partial charge in [-0.05, 0) is 51.7 Å². The molecule has 0 radical (unpaired) electrons. The van der Waals surface area contributed by atoms with Crippen LogP contribution in [-0.4, -0.2) is 21.8 Å². The largest absolute Gasteiger partial charge is 0.460 e. The van der Waals surface area contributed by atoms with Gasteiger partial charge in [0.1, 0.15) is 16.6 Å². The van der Waals surface area contributed by atoms with E-state index in [0.29, 0.717) is 5.92 Å². The molecule has 4 nitrogen and oxygen atoms in total. The van der Waals surface area contributed by atoms with E-state index in [-0.39, 0.29) is 24.3 Å². The third-order valence-corrected chi connectivity index (χ3v) is 5.79. The van der Waals surface area contributed by atoms with Crippen LogP contribution in [0.3, 0.4) is 0 Å². The van der Waals surface area contributed by atoms with Crippen molar-refractivity contribution in [1.82, 2.24) is 4.72 Å². The lowest BCUT2D eigenvalue weighted by Gasteiger charge is -2.30. The van der Waals surface area contributed by atoms with Gasteiger partial charge in [-0.15, -0.1) is 0 Å². The lowest BCUT2D eigenvalue weighted by Crippen LogP contribution is -2.41. The zero-order valence-corrected chi connectivity index (χ0v) is 18.1. The van der Waals surface area contributed by atoms with E-state index in [0.717, 1.165) is 23.3 Å². The monoisotopic (exact) mass is 381 g/mol. The Bertz CT molecular complexity index is 592. The van der Waals surface area contributed by atoms with Crippen LogP contribution in [-0.2, 0) is 20.5 Å². The molecule has 0 spiro atoms. The molecule has 1 aromatic carbocycles. The van der Waals surface area contributed by atoms with Crippen molar-refractivity contribution >= 4 is 17.0 Å². The molecule has 0 amide bonds. The first-order valence-corrected chi connectivity index (χ1v) is 10.6. The highest BCUT2D eigenvalue weighted by molar-refractivity contribution is 7.83. The van der Waals surface area contributed by atoms with Crippen molar-refractivity contribution in [3.8, 4) is 0 Å². The van der Waals surface area contributed by atoms with Gasteiger partial charge >= 0.3 is 5.97 Å². The van der Waals surface area contributed by atoms with Crippen molar-refractivity contribution in [3.05, 3.63) is 29.8 Å². The fourth-order valence-corrected chi connectivity index (χ4v) is 3.97. The maximum absolute atomic E-state index is 12.8. The van der Waals surface area contributed by atoms with Crippen LogP contribution in [0.2, 0.25) is 0 Å². The number of hydrogen-bond acceptors (Lipinski definition) is 3. The lowest BCUT2D eigenvalue weighted by atomic mass is 9.85. The van der Waals surface area contributed by atoms with Gasteiger partial charge < -0.3 is 4.74 Å². The van der Waals surface area contributed by atoms with Crippen LogP contribution in [0, 0.1) is 18.8 Å². The number of carbonyl (C=O) groups excluding carboxylic acids is 1. The molecule has 0 aliphatic carbocycles. The summed E-state index contributed by atoms with van der Waals surface area (Å²) in [5, 5.41) is 0. The molecule has 0 saturated carbocycles. The Labute approximate surface area is 161 Å². The Morgan fingerprint density at radius 2 is 1.77 bits per heavy atom. The molecule has 1 unspecified atom stereocenters. The summed E-state index contributed by atoms with van der Waals surface area (Å²) in [7, 11) is -1.36. The summed E-state index contributed by atoms with van der Waals surface area (Å²) in [5.41, 5.74) is 0.608. The highest BCUT2D eigenvalue weighted by atomic mass is 32.2. The van der Waals surface area contributed by atoms with E-state index in [1.165, 1.54) is 0 Å². The summed E-state index contributed by atoms with van der Waals surface area (Å²) in [6, 6.07) is 7.42. The van der Waals surface area contributed by atoms with E-state index < -0.39 is 16.6 Å². The lowest BCUT2D eigenvalue weighted by molar-refractivity contribution is -0.155. The molecular formula is C21H35NO3S. The average molecular weight is 382 g/mol. The second-order valence-electron chi connectivity index (χ2n) is 8.22. The number of ether oxygens (including phenoxy) is 1. The van der Waals surface area contributed by atoms with Crippen LogP contribution < -0.4 is 4.72 Å². The minimum atomic E-state index is -1.36. The van der Waals surface area contributed by atoms with Gasteiger partial charge in [-0.3, -0.25) is 4.79 Å². The standard InChI is InChI=1S/C21H35NO3S/c1-8-9-16(3)17(4)19(14-20(23)25-21(5,6)7)22-26(24)18-12-10-15(2)11-13-18/h10-13,16-17,19,22H,8-9,14H2,1-7H3/t16-,17-,19?,26-/m1/s1. The normalized spacial score (nSPS) is 16.6. The minimum Gasteiger partial charge on any atom is -0.460 e. The Balaban J connectivity index is 2.90. The van der Waals surface area contributed by atoms with Gasteiger partial charge in [0.05, 0.1) is 11.3 Å². The van der Waals surface area contributed by atoms with Crippen LogP contribution in [0.1, 0.15) is 66.4 Å². The summed E-state index contributed by atoms with van der Waals surface area (Å²) in [6.07, 6.45) is 2.38. The molecule has 0 aromatic heterocycles. The topological polar surface area (TPSA) is 55.4 Å². The zero-order valence-electron chi connectivity index (χ0n) is 17.3. The molecule has 1 N–H and O–H groups in total. The third kappa shape index (κ3) is 8.00. The maximum atomic E-state index is 12.8. The van der Waals surface area contributed by atoms with Crippen LogP contribution in [0.4, 0.5) is 0 Å². The predicted octanol–water partition coefficient (Wildman–Crippen LogP) is 4.78. The molecule has 0 bridgehead atoms. The second-order valence-corrected chi connectivity index (χ2v) is 9.47. The molecule has 0 saturated heterocycles. The fraction of sp³-hybridized carbons (Fsp3) is 0.667. The zero-order chi connectivity index (χ0) is 19.9. The van der Waals surface area contributed by atoms with Crippen molar-refractivity contribution < 1.29 is 13.7 Å².